The Morgan fingerprint density at radius 2 is 2.04 bits per heavy atom. The highest BCUT2D eigenvalue weighted by atomic mass is 127. The van der Waals surface area contributed by atoms with E-state index in [9.17, 15) is 8.42 Å². The summed E-state index contributed by atoms with van der Waals surface area (Å²) in [6, 6.07) is 8.76. The quantitative estimate of drug-likeness (QED) is 0.223. The van der Waals surface area contributed by atoms with E-state index in [-0.39, 0.29) is 35.4 Å². The lowest BCUT2D eigenvalue weighted by Crippen LogP contribution is -2.39. The summed E-state index contributed by atoms with van der Waals surface area (Å²) in [4.78, 5) is 7.03. The molecule has 1 saturated heterocycles. The third-order valence-electron chi connectivity index (χ3n) is 4.15. The van der Waals surface area contributed by atoms with Crippen LogP contribution in [0, 0.1) is 0 Å². The normalized spacial score (nSPS) is 18.8. The van der Waals surface area contributed by atoms with Crippen molar-refractivity contribution in [1.82, 2.24) is 14.9 Å². The maximum Gasteiger partial charge on any atom is 0.240 e. The molecule has 25 heavy (non-hydrogen) atoms. The monoisotopic (exact) mass is 481 g/mol. The van der Waals surface area contributed by atoms with Crippen LogP contribution in [0.25, 0.3) is 0 Å². The zero-order chi connectivity index (χ0) is 17.4. The van der Waals surface area contributed by atoms with Crippen LogP contribution in [0.4, 0.5) is 0 Å². The van der Waals surface area contributed by atoms with Crippen LogP contribution in [-0.2, 0) is 10.0 Å². The Morgan fingerprint density at radius 1 is 1.32 bits per heavy atom. The Balaban J connectivity index is 0.00000312. The van der Waals surface area contributed by atoms with Gasteiger partial charge in [0.1, 0.15) is 0 Å². The molecular formula is C16H28IN5O2S. The van der Waals surface area contributed by atoms with E-state index in [2.05, 4.69) is 26.9 Å². The minimum absolute atomic E-state index is 0. The van der Waals surface area contributed by atoms with Crippen LogP contribution in [0.15, 0.2) is 40.2 Å². The highest BCUT2D eigenvalue weighted by Gasteiger charge is 2.22. The second-order valence-electron chi connectivity index (χ2n) is 5.79. The standard InChI is InChI=1S/C16H27N5O2S.HI/c1-2-21-12-6-7-14(21)13-19-16(17)18-10-11-20-24(22,23)15-8-4-3-5-9-15;/h3-5,8-9,14,20H,2,6-7,10-13H2,1H3,(H3,17,18,19);1H. The van der Waals surface area contributed by atoms with Gasteiger partial charge in [0.25, 0.3) is 0 Å². The minimum atomic E-state index is -3.47. The lowest BCUT2D eigenvalue weighted by Gasteiger charge is -2.20. The fourth-order valence-corrected chi connectivity index (χ4v) is 3.89. The maximum absolute atomic E-state index is 12.0. The fraction of sp³-hybridized carbons (Fsp3) is 0.562. The van der Waals surface area contributed by atoms with Crippen LogP contribution in [0.5, 0.6) is 0 Å². The molecule has 1 fully saturated rings. The number of sulfonamides is 1. The first-order valence-corrected chi connectivity index (χ1v) is 9.84. The molecule has 1 aromatic rings. The third-order valence-corrected chi connectivity index (χ3v) is 5.63. The number of benzene rings is 1. The lowest BCUT2D eigenvalue weighted by atomic mass is 10.2. The van der Waals surface area contributed by atoms with Crippen LogP contribution < -0.4 is 15.8 Å². The molecular weight excluding hydrogens is 453 g/mol. The van der Waals surface area contributed by atoms with E-state index >= 15 is 0 Å². The number of nitrogens with two attached hydrogens (primary N) is 1. The largest absolute Gasteiger partial charge is 0.370 e. The molecule has 0 spiro atoms. The molecule has 142 valence electrons. The van der Waals surface area contributed by atoms with Crippen LogP contribution in [0.2, 0.25) is 0 Å². The van der Waals surface area contributed by atoms with Crippen molar-refractivity contribution in [2.45, 2.75) is 30.7 Å². The number of hydrogen-bond acceptors (Lipinski definition) is 4. The van der Waals surface area contributed by atoms with Gasteiger partial charge in [-0.25, -0.2) is 13.1 Å². The Morgan fingerprint density at radius 3 is 2.72 bits per heavy atom. The van der Waals surface area contributed by atoms with Gasteiger partial charge < -0.3 is 11.1 Å². The predicted octanol–water partition coefficient (Wildman–Crippen LogP) is 0.972. The van der Waals surface area contributed by atoms with E-state index < -0.39 is 10.0 Å². The minimum Gasteiger partial charge on any atom is -0.370 e. The zero-order valence-corrected chi connectivity index (χ0v) is 17.7. The Bertz CT molecular complexity index is 639. The first kappa shape index (κ1) is 22.1. The van der Waals surface area contributed by atoms with Crippen molar-refractivity contribution in [2.24, 2.45) is 10.7 Å². The van der Waals surface area contributed by atoms with Gasteiger partial charge in [0.15, 0.2) is 5.96 Å². The number of nitrogens with zero attached hydrogens (tertiary/aromatic N) is 2. The molecule has 0 aliphatic carbocycles. The second kappa shape index (κ2) is 10.9. The van der Waals surface area contributed by atoms with Gasteiger partial charge in [-0.15, -0.1) is 24.0 Å². The number of hydrogen-bond donors (Lipinski definition) is 3. The zero-order valence-electron chi connectivity index (χ0n) is 14.5. The summed E-state index contributed by atoms with van der Waals surface area (Å²) in [5.74, 6) is 0.358. The van der Waals surface area contributed by atoms with E-state index in [0.29, 0.717) is 25.1 Å². The molecule has 9 heteroatoms. The van der Waals surface area contributed by atoms with Gasteiger partial charge in [-0.1, -0.05) is 25.1 Å². The first-order valence-electron chi connectivity index (χ1n) is 8.35. The Hall–Kier alpha value is -0.910. The van der Waals surface area contributed by atoms with Gasteiger partial charge in [-0.05, 0) is 38.1 Å². The van der Waals surface area contributed by atoms with E-state index in [1.807, 2.05) is 0 Å². The van der Waals surface area contributed by atoms with Gasteiger partial charge in [0, 0.05) is 19.1 Å². The van der Waals surface area contributed by atoms with Crippen molar-refractivity contribution < 1.29 is 8.42 Å². The molecule has 1 unspecified atom stereocenters. The highest BCUT2D eigenvalue weighted by Crippen LogP contribution is 2.16. The van der Waals surface area contributed by atoms with Crippen molar-refractivity contribution in [3.05, 3.63) is 30.3 Å². The van der Waals surface area contributed by atoms with Crippen molar-refractivity contribution in [2.75, 3.05) is 32.7 Å². The summed E-state index contributed by atoms with van der Waals surface area (Å²) in [7, 11) is -3.47. The van der Waals surface area contributed by atoms with Gasteiger partial charge in [0.05, 0.1) is 11.4 Å². The molecule has 1 heterocycles. The fourth-order valence-electron chi connectivity index (χ4n) is 2.84. The summed E-state index contributed by atoms with van der Waals surface area (Å²) >= 11 is 0. The van der Waals surface area contributed by atoms with Gasteiger partial charge in [-0.2, -0.15) is 0 Å². The number of likely N-dealkylation sites (tertiary alicyclic amines) is 1. The molecule has 1 aliphatic rings. The number of rotatable bonds is 8. The van der Waals surface area contributed by atoms with Crippen LogP contribution in [-0.4, -0.2) is 58.0 Å². The average molecular weight is 481 g/mol. The van der Waals surface area contributed by atoms with E-state index in [1.54, 1.807) is 30.3 Å². The van der Waals surface area contributed by atoms with E-state index in [4.69, 9.17) is 5.73 Å². The van der Waals surface area contributed by atoms with Crippen molar-refractivity contribution in [1.29, 1.82) is 0 Å². The smallest absolute Gasteiger partial charge is 0.240 e. The maximum atomic E-state index is 12.0. The van der Waals surface area contributed by atoms with Crippen molar-refractivity contribution in [3.8, 4) is 0 Å². The summed E-state index contributed by atoms with van der Waals surface area (Å²) in [6.07, 6.45) is 2.37. The number of guanidine groups is 1. The molecule has 0 aromatic heterocycles. The van der Waals surface area contributed by atoms with Gasteiger partial charge in [-0.3, -0.25) is 9.89 Å². The highest BCUT2D eigenvalue weighted by molar-refractivity contribution is 14.0. The molecule has 2 rings (SSSR count). The van der Waals surface area contributed by atoms with Crippen molar-refractivity contribution in [3.63, 3.8) is 0 Å². The average Bonchev–Trinajstić information content (AvgIpc) is 3.05. The summed E-state index contributed by atoms with van der Waals surface area (Å²) in [6.45, 7) is 5.65. The van der Waals surface area contributed by atoms with E-state index in [1.165, 1.54) is 6.42 Å². The van der Waals surface area contributed by atoms with Crippen LogP contribution in [0.3, 0.4) is 0 Å². The lowest BCUT2D eigenvalue weighted by molar-refractivity contribution is 0.273. The van der Waals surface area contributed by atoms with Crippen molar-refractivity contribution >= 4 is 40.0 Å². The molecule has 4 N–H and O–H groups in total. The summed E-state index contributed by atoms with van der Waals surface area (Å²) in [5.41, 5.74) is 5.84. The molecule has 7 nitrogen and oxygen atoms in total. The molecule has 1 atom stereocenters. The number of aliphatic imine (C=N–C) groups is 1. The number of likely N-dealkylation sites (N-methyl/N-ethyl adjacent to an activating group) is 1. The predicted molar refractivity (Wildman–Crippen MR) is 112 cm³/mol. The summed E-state index contributed by atoms with van der Waals surface area (Å²) < 4.78 is 26.6. The van der Waals surface area contributed by atoms with Crippen LogP contribution >= 0.6 is 24.0 Å². The molecule has 0 amide bonds. The third kappa shape index (κ3) is 7.08. The SMILES string of the molecule is CCN1CCCC1CN=C(N)NCCNS(=O)(=O)c1ccccc1.I. The first-order chi connectivity index (χ1) is 11.5. The van der Waals surface area contributed by atoms with E-state index in [0.717, 1.165) is 19.5 Å². The Kier molecular flexibility index (Phi) is 9.69. The number of nitrogens with one attached hydrogen (secondary N) is 2. The second-order valence-corrected chi connectivity index (χ2v) is 7.56. The van der Waals surface area contributed by atoms with Gasteiger partial charge in [0.2, 0.25) is 10.0 Å². The molecule has 0 saturated carbocycles. The molecule has 0 bridgehead atoms. The topological polar surface area (TPSA) is 99.8 Å². The van der Waals surface area contributed by atoms with Crippen LogP contribution in [0.1, 0.15) is 19.8 Å². The molecule has 0 radical (unpaired) electrons. The number of halogens is 1. The summed E-state index contributed by atoms with van der Waals surface area (Å²) in [5, 5.41) is 2.95. The molecule has 1 aromatic carbocycles. The molecule has 1 aliphatic heterocycles. The Labute approximate surface area is 167 Å². The van der Waals surface area contributed by atoms with Gasteiger partial charge >= 0.3 is 0 Å².